The summed E-state index contributed by atoms with van der Waals surface area (Å²) < 4.78 is 0. The van der Waals surface area contributed by atoms with E-state index in [1.807, 2.05) is 48.2 Å². The number of anilines is 4. The van der Waals surface area contributed by atoms with Crippen molar-refractivity contribution in [1.82, 2.24) is 10.2 Å². The maximum Gasteiger partial charge on any atom is 0.294 e. The highest BCUT2D eigenvalue weighted by Gasteiger charge is 2.24. The number of nitro groups is 1. The lowest BCUT2D eigenvalue weighted by Crippen LogP contribution is -2.47. The minimum absolute atomic E-state index is 0.0299. The summed E-state index contributed by atoms with van der Waals surface area (Å²) >= 11 is 5.92. The molecule has 2 heterocycles. The third-order valence-electron chi connectivity index (χ3n) is 5.05. The van der Waals surface area contributed by atoms with Crippen LogP contribution >= 0.6 is 11.6 Å². The van der Waals surface area contributed by atoms with Gasteiger partial charge in [-0.05, 0) is 43.3 Å². The van der Waals surface area contributed by atoms with Crippen LogP contribution in [0.5, 0.6) is 0 Å². The van der Waals surface area contributed by atoms with Gasteiger partial charge in [0, 0.05) is 43.0 Å². The molecule has 0 saturated carbocycles. The molecule has 4 rings (SSSR count). The summed E-state index contributed by atoms with van der Waals surface area (Å²) in [5.74, 6) is 1.47. The van der Waals surface area contributed by atoms with E-state index in [0.29, 0.717) is 42.7 Å². The number of nitrogens with zero attached hydrogens (tertiary/aromatic N) is 5. The summed E-state index contributed by atoms with van der Waals surface area (Å²) in [5.41, 5.74) is 2.78. The van der Waals surface area contributed by atoms with Gasteiger partial charge in [-0.1, -0.05) is 29.3 Å². The van der Waals surface area contributed by atoms with Crippen LogP contribution in [-0.4, -0.2) is 41.3 Å². The molecule has 1 N–H and O–H groups in total. The van der Waals surface area contributed by atoms with E-state index in [4.69, 9.17) is 11.6 Å². The summed E-state index contributed by atoms with van der Waals surface area (Å²) in [4.78, 5) is 15.1. The molecular formula is C21H21ClN6O2. The van der Waals surface area contributed by atoms with Crippen molar-refractivity contribution >= 4 is 40.3 Å². The highest BCUT2D eigenvalue weighted by Crippen LogP contribution is 2.32. The topological polar surface area (TPSA) is 87.4 Å². The summed E-state index contributed by atoms with van der Waals surface area (Å²) in [6, 6.07) is 16.7. The van der Waals surface area contributed by atoms with Crippen LogP contribution in [0.4, 0.5) is 28.7 Å². The van der Waals surface area contributed by atoms with Crippen LogP contribution in [0.3, 0.4) is 0 Å². The number of piperazine rings is 1. The van der Waals surface area contributed by atoms with Gasteiger partial charge in [-0.2, -0.15) is 0 Å². The first-order chi connectivity index (χ1) is 14.5. The molecule has 3 aromatic rings. The predicted octanol–water partition coefficient (Wildman–Crippen LogP) is 4.42. The molecule has 1 fully saturated rings. The lowest BCUT2D eigenvalue weighted by Gasteiger charge is -2.36. The molecule has 1 saturated heterocycles. The summed E-state index contributed by atoms with van der Waals surface area (Å²) in [6.45, 7) is 4.72. The van der Waals surface area contributed by atoms with E-state index in [9.17, 15) is 10.1 Å². The van der Waals surface area contributed by atoms with Crippen molar-refractivity contribution in [3.05, 3.63) is 75.3 Å². The van der Waals surface area contributed by atoms with Crippen LogP contribution < -0.4 is 15.1 Å². The van der Waals surface area contributed by atoms with E-state index >= 15 is 0 Å². The smallest absolute Gasteiger partial charge is 0.294 e. The maximum absolute atomic E-state index is 11.4. The highest BCUT2D eigenvalue weighted by molar-refractivity contribution is 6.30. The molecule has 1 aliphatic heterocycles. The van der Waals surface area contributed by atoms with Gasteiger partial charge in [-0.3, -0.25) is 10.1 Å². The molecule has 30 heavy (non-hydrogen) atoms. The zero-order valence-electron chi connectivity index (χ0n) is 16.5. The Kier molecular flexibility index (Phi) is 5.67. The fourth-order valence-corrected chi connectivity index (χ4v) is 3.60. The van der Waals surface area contributed by atoms with Crippen molar-refractivity contribution < 1.29 is 4.92 Å². The third kappa shape index (κ3) is 4.44. The van der Waals surface area contributed by atoms with Crippen molar-refractivity contribution in [1.29, 1.82) is 0 Å². The van der Waals surface area contributed by atoms with Gasteiger partial charge in [-0.15, -0.1) is 10.2 Å². The lowest BCUT2D eigenvalue weighted by atomic mass is 10.2. The molecule has 0 bridgehead atoms. The molecule has 0 unspecified atom stereocenters. The standard InChI is InChI=1S/C21H21ClN6O2/c1-15-2-5-17(6-3-15)23-20-8-9-21(25-24-20)27-12-10-26(11-13-27)18-7-4-16(22)14-19(18)28(29)30/h2-9,14H,10-13H2,1H3,(H,23,24). The minimum atomic E-state index is -0.390. The van der Waals surface area contributed by atoms with Gasteiger partial charge in [0.2, 0.25) is 0 Å². The van der Waals surface area contributed by atoms with Crippen molar-refractivity contribution in [3.8, 4) is 0 Å². The van der Waals surface area contributed by atoms with E-state index in [1.165, 1.54) is 11.6 Å². The Morgan fingerprint density at radius 2 is 1.67 bits per heavy atom. The molecule has 9 heteroatoms. The number of aryl methyl sites for hydroxylation is 1. The van der Waals surface area contributed by atoms with Crippen LogP contribution in [0.15, 0.2) is 54.6 Å². The average Bonchev–Trinajstić information content (AvgIpc) is 2.76. The van der Waals surface area contributed by atoms with Crippen LogP contribution in [0.1, 0.15) is 5.56 Å². The van der Waals surface area contributed by atoms with Gasteiger partial charge in [0.15, 0.2) is 11.6 Å². The molecule has 8 nitrogen and oxygen atoms in total. The molecule has 0 aliphatic carbocycles. The number of rotatable bonds is 5. The van der Waals surface area contributed by atoms with Gasteiger partial charge in [0.05, 0.1) is 4.92 Å². The normalized spacial score (nSPS) is 13.9. The van der Waals surface area contributed by atoms with E-state index < -0.39 is 4.92 Å². The zero-order valence-corrected chi connectivity index (χ0v) is 17.2. The molecule has 1 aromatic heterocycles. The Labute approximate surface area is 179 Å². The number of nitro benzene ring substituents is 1. The van der Waals surface area contributed by atoms with Gasteiger partial charge in [0.1, 0.15) is 5.69 Å². The molecule has 0 spiro atoms. The predicted molar refractivity (Wildman–Crippen MR) is 119 cm³/mol. The molecule has 154 valence electrons. The molecule has 0 atom stereocenters. The second kappa shape index (κ2) is 8.54. The van der Waals surface area contributed by atoms with Crippen LogP contribution in [0.25, 0.3) is 0 Å². The number of aromatic nitrogens is 2. The van der Waals surface area contributed by atoms with Crippen molar-refractivity contribution in [3.63, 3.8) is 0 Å². The average molecular weight is 425 g/mol. The molecule has 0 radical (unpaired) electrons. The number of hydrogen-bond donors (Lipinski definition) is 1. The Bertz CT molecular complexity index is 1030. The van der Waals surface area contributed by atoms with Gasteiger partial charge in [0.25, 0.3) is 5.69 Å². The fourth-order valence-electron chi connectivity index (χ4n) is 3.43. The zero-order chi connectivity index (χ0) is 21.1. The molecule has 0 amide bonds. The van der Waals surface area contributed by atoms with E-state index in [0.717, 1.165) is 11.5 Å². The largest absolute Gasteiger partial charge is 0.362 e. The van der Waals surface area contributed by atoms with Crippen LogP contribution in [-0.2, 0) is 0 Å². The minimum Gasteiger partial charge on any atom is -0.362 e. The second-order valence-electron chi connectivity index (χ2n) is 7.13. The number of nitrogens with one attached hydrogen (secondary N) is 1. The Hall–Kier alpha value is -3.39. The number of halogens is 1. The quantitative estimate of drug-likeness (QED) is 0.479. The van der Waals surface area contributed by atoms with Crippen molar-refractivity contribution in [2.24, 2.45) is 0 Å². The summed E-state index contributed by atoms with van der Waals surface area (Å²) in [5, 5.41) is 23.6. The molecular weight excluding hydrogens is 404 g/mol. The first-order valence-electron chi connectivity index (χ1n) is 9.61. The van der Waals surface area contributed by atoms with E-state index in [1.54, 1.807) is 12.1 Å². The van der Waals surface area contributed by atoms with Crippen LogP contribution in [0.2, 0.25) is 5.02 Å². The Balaban J connectivity index is 1.40. The van der Waals surface area contributed by atoms with E-state index in [-0.39, 0.29) is 5.69 Å². The highest BCUT2D eigenvalue weighted by atomic mass is 35.5. The summed E-state index contributed by atoms with van der Waals surface area (Å²) in [6.07, 6.45) is 0. The fraction of sp³-hybridized carbons (Fsp3) is 0.238. The summed E-state index contributed by atoms with van der Waals surface area (Å²) in [7, 11) is 0. The van der Waals surface area contributed by atoms with E-state index in [2.05, 4.69) is 20.4 Å². The SMILES string of the molecule is Cc1ccc(Nc2ccc(N3CCN(c4ccc(Cl)cc4[N+](=O)[O-])CC3)nn2)cc1. The molecule has 1 aliphatic rings. The second-order valence-corrected chi connectivity index (χ2v) is 7.57. The van der Waals surface area contributed by atoms with Gasteiger partial charge < -0.3 is 15.1 Å². The monoisotopic (exact) mass is 424 g/mol. The first-order valence-corrected chi connectivity index (χ1v) is 9.99. The number of benzene rings is 2. The van der Waals surface area contributed by atoms with Crippen molar-refractivity contribution in [2.75, 3.05) is 41.3 Å². The van der Waals surface area contributed by atoms with Crippen LogP contribution in [0, 0.1) is 17.0 Å². The lowest BCUT2D eigenvalue weighted by molar-refractivity contribution is -0.384. The van der Waals surface area contributed by atoms with Crippen molar-refractivity contribution in [2.45, 2.75) is 6.92 Å². The van der Waals surface area contributed by atoms with Gasteiger partial charge in [-0.25, -0.2) is 0 Å². The Morgan fingerprint density at radius 1 is 0.967 bits per heavy atom. The number of hydrogen-bond acceptors (Lipinski definition) is 7. The third-order valence-corrected chi connectivity index (χ3v) is 5.29. The first kappa shape index (κ1) is 19.9. The van der Waals surface area contributed by atoms with Gasteiger partial charge >= 0.3 is 0 Å². The maximum atomic E-state index is 11.4. The molecule has 2 aromatic carbocycles. The Morgan fingerprint density at radius 3 is 2.30 bits per heavy atom.